The smallest absolute Gasteiger partial charge is 0.258 e. The first-order valence-corrected chi connectivity index (χ1v) is 5.44. The van der Waals surface area contributed by atoms with Crippen molar-refractivity contribution in [2.75, 3.05) is 0 Å². The van der Waals surface area contributed by atoms with Gasteiger partial charge in [0.1, 0.15) is 0 Å². The fourth-order valence-corrected chi connectivity index (χ4v) is 1.29. The second-order valence-corrected chi connectivity index (χ2v) is 4.17. The van der Waals surface area contributed by atoms with Crippen LogP contribution in [0.5, 0.6) is 0 Å². The summed E-state index contributed by atoms with van der Waals surface area (Å²) in [6.07, 6.45) is 0. The molecule has 0 spiro atoms. The Morgan fingerprint density at radius 1 is 1.33 bits per heavy atom. The summed E-state index contributed by atoms with van der Waals surface area (Å²) in [5, 5.41) is 15.0. The van der Waals surface area contributed by atoms with Gasteiger partial charge in [-0.15, -0.1) is 0 Å². The second kappa shape index (κ2) is 4.34. The van der Waals surface area contributed by atoms with Crippen LogP contribution in [0.2, 0.25) is 0 Å². The molecule has 0 heterocycles. The molecule has 0 aromatic heterocycles. The highest BCUT2D eigenvalue weighted by molar-refractivity contribution is 7.87. The molecule has 0 fully saturated rings. The Morgan fingerprint density at radius 2 is 1.87 bits per heavy atom. The van der Waals surface area contributed by atoms with Crippen LogP contribution >= 0.6 is 0 Å². The van der Waals surface area contributed by atoms with Gasteiger partial charge in [-0.3, -0.25) is 10.1 Å². The van der Waals surface area contributed by atoms with Crippen molar-refractivity contribution < 1.29 is 13.3 Å². The van der Waals surface area contributed by atoms with Gasteiger partial charge in [-0.2, -0.15) is 13.1 Å². The van der Waals surface area contributed by atoms with Gasteiger partial charge in [0.25, 0.3) is 15.9 Å². The Balaban J connectivity index is 2.69. The number of nitrogens with zero attached hydrogens (tertiary/aromatic N) is 1. The summed E-state index contributed by atoms with van der Waals surface area (Å²) in [6, 6.07) is 5.49. The molecule has 7 nitrogen and oxygen atoms in total. The first kappa shape index (κ1) is 11.6. The third-order valence-electron chi connectivity index (χ3n) is 1.62. The summed E-state index contributed by atoms with van der Waals surface area (Å²) in [5.41, 5.74) is 0.545. The minimum Gasteiger partial charge on any atom is -0.258 e. The molecule has 15 heavy (non-hydrogen) atoms. The van der Waals surface area contributed by atoms with E-state index in [2.05, 4.69) is 4.72 Å². The zero-order valence-corrected chi connectivity index (χ0v) is 8.40. The van der Waals surface area contributed by atoms with Crippen molar-refractivity contribution in [1.29, 1.82) is 0 Å². The van der Waals surface area contributed by atoms with E-state index in [1.807, 2.05) is 0 Å². The SMILES string of the molecule is NS(=O)(=O)NCc1ccc([N+](=O)[O-])cc1. The molecular weight excluding hydrogens is 222 g/mol. The van der Waals surface area contributed by atoms with E-state index in [0.717, 1.165) is 0 Å². The maximum absolute atomic E-state index is 10.5. The highest BCUT2D eigenvalue weighted by atomic mass is 32.2. The molecular formula is C7H9N3O4S. The lowest BCUT2D eigenvalue weighted by Gasteiger charge is -2.01. The Labute approximate surface area is 86.2 Å². The van der Waals surface area contributed by atoms with Gasteiger partial charge in [-0.05, 0) is 5.56 Å². The number of nitrogens with one attached hydrogen (secondary N) is 1. The van der Waals surface area contributed by atoms with Gasteiger partial charge in [0, 0.05) is 18.7 Å². The third kappa shape index (κ3) is 4.02. The summed E-state index contributed by atoms with van der Waals surface area (Å²) in [6.45, 7) is 0.0107. The van der Waals surface area contributed by atoms with Gasteiger partial charge in [-0.25, -0.2) is 5.14 Å². The van der Waals surface area contributed by atoms with E-state index in [9.17, 15) is 18.5 Å². The van der Waals surface area contributed by atoms with Crippen molar-refractivity contribution in [2.45, 2.75) is 6.54 Å². The molecule has 0 radical (unpaired) electrons. The largest absolute Gasteiger partial charge is 0.274 e. The molecule has 0 amide bonds. The lowest BCUT2D eigenvalue weighted by molar-refractivity contribution is -0.384. The monoisotopic (exact) mass is 231 g/mol. The predicted molar refractivity (Wildman–Crippen MR) is 53.0 cm³/mol. The molecule has 0 saturated carbocycles. The van der Waals surface area contributed by atoms with Crippen molar-refractivity contribution in [1.82, 2.24) is 4.72 Å². The first-order chi connectivity index (χ1) is 6.88. The molecule has 1 rings (SSSR count). The lowest BCUT2D eigenvalue weighted by Crippen LogP contribution is -2.30. The van der Waals surface area contributed by atoms with Crippen LogP contribution in [0.4, 0.5) is 5.69 Å². The predicted octanol–water partition coefficient (Wildman–Crippen LogP) is -0.112. The molecule has 0 saturated heterocycles. The Kier molecular flexibility index (Phi) is 3.35. The molecule has 0 aliphatic carbocycles. The fraction of sp³-hybridized carbons (Fsp3) is 0.143. The van der Waals surface area contributed by atoms with Gasteiger partial charge in [0.15, 0.2) is 0 Å². The van der Waals surface area contributed by atoms with Crippen LogP contribution in [0.1, 0.15) is 5.56 Å². The quantitative estimate of drug-likeness (QED) is 0.555. The zero-order valence-electron chi connectivity index (χ0n) is 7.58. The van der Waals surface area contributed by atoms with Crippen LogP contribution in [-0.2, 0) is 16.8 Å². The van der Waals surface area contributed by atoms with Gasteiger partial charge < -0.3 is 0 Å². The third-order valence-corrected chi connectivity index (χ3v) is 2.17. The van der Waals surface area contributed by atoms with Crippen LogP contribution in [0, 0.1) is 10.1 Å². The van der Waals surface area contributed by atoms with E-state index in [1.165, 1.54) is 24.3 Å². The number of nitro benzene ring substituents is 1. The molecule has 1 aromatic rings. The molecule has 8 heteroatoms. The number of benzene rings is 1. The standard InChI is InChI=1S/C7H9N3O4S/c8-15(13,14)9-5-6-1-3-7(4-2-6)10(11)12/h1-4,9H,5H2,(H2,8,13,14). The van der Waals surface area contributed by atoms with Crippen molar-refractivity contribution in [3.63, 3.8) is 0 Å². The first-order valence-electron chi connectivity index (χ1n) is 3.89. The number of hydrogen-bond acceptors (Lipinski definition) is 4. The Morgan fingerprint density at radius 3 is 2.27 bits per heavy atom. The maximum atomic E-state index is 10.5. The van der Waals surface area contributed by atoms with Crippen molar-refractivity contribution in [2.24, 2.45) is 5.14 Å². The van der Waals surface area contributed by atoms with E-state index in [-0.39, 0.29) is 12.2 Å². The van der Waals surface area contributed by atoms with Gasteiger partial charge in [0.2, 0.25) is 0 Å². The fourth-order valence-electron chi connectivity index (χ4n) is 0.919. The maximum Gasteiger partial charge on any atom is 0.274 e. The van der Waals surface area contributed by atoms with Crippen LogP contribution < -0.4 is 9.86 Å². The average molecular weight is 231 g/mol. The molecule has 0 bridgehead atoms. The van der Waals surface area contributed by atoms with Gasteiger partial charge in [0.05, 0.1) is 4.92 Å². The number of non-ortho nitro benzene ring substituents is 1. The Hall–Kier alpha value is -1.51. The molecule has 3 N–H and O–H groups in total. The van der Waals surface area contributed by atoms with E-state index in [1.54, 1.807) is 0 Å². The molecule has 82 valence electrons. The summed E-state index contributed by atoms with van der Waals surface area (Å²) < 4.78 is 23.1. The number of rotatable bonds is 4. The molecule has 0 atom stereocenters. The normalized spacial score (nSPS) is 11.3. The number of nitrogens with two attached hydrogens (primary N) is 1. The van der Waals surface area contributed by atoms with Crippen LogP contribution in [0.25, 0.3) is 0 Å². The summed E-state index contributed by atoms with van der Waals surface area (Å²) in [4.78, 5) is 9.77. The van der Waals surface area contributed by atoms with Crippen molar-refractivity contribution in [3.05, 3.63) is 39.9 Å². The van der Waals surface area contributed by atoms with Gasteiger partial charge >= 0.3 is 0 Å². The van der Waals surface area contributed by atoms with E-state index in [0.29, 0.717) is 5.56 Å². The topological polar surface area (TPSA) is 115 Å². The summed E-state index contributed by atoms with van der Waals surface area (Å²) in [7, 11) is -3.73. The zero-order chi connectivity index (χ0) is 11.5. The van der Waals surface area contributed by atoms with E-state index in [4.69, 9.17) is 5.14 Å². The lowest BCUT2D eigenvalue weighted by atomic mass is 10.2. The summed E-state index contributed by atoms with van der Waals surface area (Å²) >= 11 is 0. The van der Waals surface area contributed by atoms with Crippen molar-refractivity contribution >= 4 is 15.9 Å². The van der Waals surface area contributed by atoms with E-state index >= 15 is 0 Å². The summed E-state index contributed by atoms with van der Waals surface area (Å²) in [5.74, 6) is 0. The number of nitro groups is 1. The molecule has 1 aromatic carbocycles. The van der Waals surface area contributed by atoms with Gasteiger partial charge in [-0.1, -0.05) is 12.1 Å². The van der Waals surface area contributed by atoms with Crippen LogP contribution in [0.3, 0.4) is 0 Å². The highest BCUT2D eigenvalue weighted by Crippen LogP contribution is 2.11. The Bertz CT molecular complexity index is 454. The molecule has 0 unspecified atom stereocenters. The second-order valence-electron chi connectivity index (χ2n) is 2.79. The van der Waals surface area contributed by atoms with Crippen molar-refractivity contribution in [3.8, 4) is 0 Å². The molecule has 0 aliphatic heterocycles. The van der Waals surface area contributed by atoms with Crippen LogP contribution in [0.15, 0.2) is 24.3 Å². The average Bonchev–Trinajstić information content (AvgIpc) is 2.14. The van der Waals surface area contributed by atoms with Crippen LogP contribution in [-0.4, -0.2) is 13.3 Å². The number of hydrogen-bond donors (Lipinski definition) is 2. The molecule has 0 aliphatic rings. The van der Waals surface area contributed by atoms with E-state index < -0.39 is 15.1 Å². The minimum absolute atomic E-state index is 0.0107. The minimum atomic E-state index is -3.73. The highest BCUT2D eigenvalue weighted by Gasteiger charge is 2.05.